The predicted octanol–water partition coefficient (Wildman–Crippen LogP) is 2.37. The van der Waals surface area contributed by atoms with Gasteiger partial charge in [0.1, 0.15) is 0 Å². The average molecular weight is 326 g/mol. The van der Waals surface area contributed by atoms with E-state index in [0.717, 1.165) is 0 Å². The molecule has 1 heterocycles. The van der Waals surface area contributed by atoms with E-state index in [2.05, 4.69) is 15.9 Å². The lowest BCUT2D eigenvalue weighted by molar-refractivity contribution is -0.158. The van der Waals surface area contributed by atoms with Gasteiger partial charge < -0.3 is 10.0 Å². The molecule has 0 aromatic heterocycles. The van der Waals surface area contributed by atoms with Crippen LogP contribution in [-0.2, 0) is 15.1 Å². The Labute approximate surface area is 120 Å². The molecule has 102 valence electrons. The van der Waals surface area contributed by atoms with E-state index in [1.54, 1.807) is 31.2 Å². The minimum atomic E-state index is -1.26. The Balaban J connectivity index is 2.52. The van der Waals surface area contributed by atoms with Crippen LogP contribution in [0.25, 0.3) is 0 Å². The zero-order valence-corrected chi connectivity index (χ0v) is 12.3. The van der Waals surface area contributed by atoms with Gasteiger partial charge in [-0.1, -0.05) is 53.2 Å². The van der Waals surface area contributed by atoms with Crippen molar-refractivity contribution in [2.45, 2.75) is 30.1 Å². The third-order valence-electron chi connectivity index (χ3n) is 3.66. The fourth-order valence-electron chi connectivity index (χ4n) is 2.69. The number of rotatable bonds is 4. The molecular weight excluding hydrogens is 310 g/mol. The molecule has 0 radical (unpaired) electrons. The summed E-state index contributed by atoms with van der Waals surface area (Å²) in [5, 5.41) is 9.73. The van der Waals surface area contributed by atoms with Crippen LogP contribution in [0, 0.1) is 0 Å². The van der Waals surface area contributed by atoms with Crippen molar-refractivity contribution in [3.8, 4) is 0 Å². The van der Waals surface area contributed by atoms with E-state index in [4.69, 9.17) is 0 Å². The summed E-state index contributed by atoms with van der Waals surface area (Å²) in [6, 6.07) is 8.98. The van der Waals surface area contributed by atoms with Gasteiger partial charge in [0, 0.05) is 17.8 Å². The van der Waals surface area contributed by atoms with Crippen LogP contribution >= 0.6 is 15.9 Å². The summed E-state index contributed by atoms with van der Waals surface area (Å²) < 4.78 is 0. The molecule has 19 heavy (non-hydrogen) atoms. The van der Waals surface area contributed by atoms with Crippen molar-refractivity contribution < 1.29 is 14.7 Å². The average Bonchev–Trinajstić information content (AvgIpc) is 2.72. The Morgan fingerprint density at radius 3 is 2.53 bits per heavy atom. The molecule has 0 bridgehead atoms. The Morgan fingerprint density at radius 1 is 1.47 bits per heavy atom. The zero-order chi connectivity index (χ0) is 14.0. The SMILES string of the molecule is CCC(C(=O)O)(c1ccccc1)N1CC(Br)CC1=O. The van der Waals surface area contributed by atoms with Crippen molar-refractivity contribution in [2.75, 3.05) is 6.54 Å². The fourth-order valence-corrected chi connectivity index (χ4v) is 3.25. The van der Waals surface area contributed by atoms with Gasteiger partial charge in [-0.2, -0.15) is 0 Å². The number of carboxylic acid groups (broad SMARTS) is 1. The van der Waals surface area contributed by atoms with E-state index in [9.17, 15) is 14.7 Å². The highest BCUT2D eigenvalue weighted by atomic mass is 79.9. The maximum Gasteiger partial charge on any atom is 0.334 e. The molecule has 0 spiro atoms. The molecule has 1 aromatic carbocycles. The Bertz CT molecular complexity index is 491. The number of carboxylic acids is 1. The van der Waals surface area contributed by atoms with Crippen molar-refractivity contribution in [1.82, 2.24) is 4.90 Å². The Morgan fingerprint density at radius 2 is 2.11 bits per heavy atom. The number of benzene rings is 1. The topological polar surface area (TPSA) is 57.6 Å². The molecule has 1 aromatic rings. The number of carbonyl (C=O) groups excluding carboxylic acids is 1. The van der Waals surface area contributed by atoms with Gasteiger partial charge >= 0.3 is 5.97 Å². The summed E-state index contributed by atoms with van der Waals surface area (Å²) in [6.45, 7) is 2.23. The van der Waals surface area contributed by atoms with E-state index >= 15 is 0 Å². The van der Waals surface area contributed by atoms with Gasteiger partial charge in [0.05, 0.1) is 0 Å². The van der Waals surface area contributed by atoms with Crippen LogP contribution in [0.15, 0.2) is 30.3 Å². The summed E-state index contributed by atoms with van der Waals surface area (Å²) in [7, 11) is 0. The van der Waals surface area contributed by atoms with Gasteiger partial charge in [-0.25, -0.2) is 4.79 Å². The zero-order valence-electron chi connectivity index (χ0n) is 10.7. The maximum absolute atomic E-state index is 12.1. The standard InChI is InChI=1S/C14H16BrNO3/c1-2-14(13(18)19,10-6-4-3-5-7-10)16-9-11(15)8-12(16)17/h3-7,11H,2,8-9H2,1H3,(H,18,19). The van der Waals surface area contributed by atoms with E-state index in [1.165, 1.54) is 4.90 Å². The van der Waals surface area contributed by atoms with Gasteiger partial charge in [0.15, 0.2) is 5.54 Å². The van der Waals surface area contributed by atoms with Crippen LogP contribution in [-0.4, -0.2) is 33.3 Å². The number of carbonyl (C=O) groups is 2. The highest BCUT2D eigenvalue weighted by molar-refractivity contribution is 9.09. The van der Waals surface area contributed by atoms with E-state index in [1.807, 2.05) is 6.07 Å². The lowest BCUT2D eigenvalue weighted by atomic mass is 9.85. The predicted molar refractivity (Wildman–Crippen MR) is 75.1 cm³/mol. The molecule has 5 heteroatoms. The minimum Gasteiger partial charge on any atom is -0.479 e. The molecular formula is C14H16BrNO3. The monoisotopic (exact) mass is 325 g/mol. The maximum atomic E-state index is 12.1. The number of amides is 1. The summed E-state index contributed by atoms with van der Waals surface area (Å²) in [5.41, 5.74) is -0.610. The Hall–Kier alpha value is -1.36. The van der Waals surface area contributed by atoms with Gasteiger partial charge in [-0.3, -0.25) is 4.79 Å². The smallest absolute Gasteiger partial charge is 0.334 e. The lowest BCUT2D eigenvalue weighted by Crippen LogP contribution is -2.52. The first-order valence-electron chi connectivity index (χ1n) is 6.25. The molecule has 2 unspecified atom stereocenters. The van der Waals surface area contributed by atoms with Crippen molar-refractivity contribution >= 4 is 27.8 Å². The van der Waals surface area contributed by atoms with Crippen LogP contribution in [0.3, 0.4) is 0 Å². The highest BCUT2D eigenvalue weighted by Gasteiger charge is 2.49. The van der Waals surface area contributed by atoms with E-state index in [0.29, 0.717) is 24.9 Å². The number of nitrogens with zero attached hydrogens (tertiary/aromatic N) is 1. The normalized spacial score (nSPS) is 22.3. The third-order valence-corrected chi connectivity index (χ3v) is 4.27. The second-order valence-corrected chi connectivity index (χ2v) is 5.99. The molecule has 0 saturated carbocycles. The van der Waals surface area contributed by atoms with Gasteiger partial charge in [0.25, 0.3) is 0 Å². The number of halogens is 1. The number of alkyl halides is 1. The molecule has 2 atom stereocenters. The molecule has 1 amide bonds. The van der Waals surface area contributed by atoms with Crippen LogP contribution in [0.5, 0.6) is 0 Å². The molecule has 0 aliphatic carbocycles. The second-order valence-electron chi connectivity index (χ2n) is 4.69. The largest absolute Gasteiger partial charge is 0.479 e. The van der Waals surface area contributed by atoms with Crippen LogP contribution in [0.2, 0.25) is 0 Å². The minimum absolute atomic E-state index is 0.0222. The molecule has 1 saturated heterocycles. The summed E-state index contributed by atoms with van der Waals surface area (Å²) >= 11 is 3.41. The van der Waals surface area contributed by atoms with Crippen molar-refractivity contribution in [2.24, 2.45) is 0 Å². The summed E-state index contributed by atoms with van der Waals surface area (Å²) in [4.78, 5) is 25.5. The molecule has 1 aliphatic rings. The second kappa shape index (κ2) is 5.33. The van der Waals surface area contributed by atoms with Crippen molar-refractivity contribution in [3.63, 3.8) is 0 Å². The number of likely N-dealkylation sites (tertiary alicyclic amines) is 1. The van der Waals surface area contributed by atoms with Gasteiger partial charge in [-0.15, -0.1) is 0 Å². The van der Waals surface area contributed by atoms with Gasteiger partial charge in [-0.05, 0) is 12.0 Å². The molecule has 1 fully saturated rings. The molecule has 1 N–H and O–H groups in total. The third kappa shape index (κ3) is 2.27. The van der Waals surface area contributed by atoms with Crippen LogP contribution in [0.1, 0.15) is 25.3 Å². The first kappa shape index (κ1) is 14.1. The van der Waals surface area contributed by atoms with Crippen LogP contribution < -0.4 is 0 Å². The number of hydrogen-bond donors (Lipinski definition) is 1. The molecule has 2 rings (SSSR count). The summed E-state index contributed by atoms with van der Waals surface area (Å²) in [6.07, 6.45) is 0.694. The fraction of sp³-hybridized carbons (Fsp3) is 0.429. The lowest BCUT2D eigenvalue weighted by Gasteiger charge is -2.38. The number of aliphatic carboxylic acids is 1. The first-order valence-corrected chi connectivity index (χ1v) is 7.17. The molecule has 4 nitrogen and oxygen atoms in total. The highest BCUT2D eigenvalue weighted by Crippen LogP contribution is 2.37. The van der Waals surface area contributed by atoms with E-state index < -0.39 is 11.5 Å². The number of hydrogen-bond acceptors (Lipinski definition) is 2. The van der Waals surface area contributed by atoms with Crippen molar-refractivity contribution in [1.29, 1.82) is 0 Å². The molecule has 1 aliphatic heterocycles. The van der Waals surface area contributed by atoms with E-state index in [-0.39, 0.29) is 10.7 Å². The quantitative estimate of drug-likeness (QED) is 0.864. The first-order chi connectivity index (χ1) is 9.02. The summed E-state index contributed by atoms with van der Waals surface area (Å²) in [5.74, 6) is -1.09. The van der Waals surface area contributed by atoms with Crippen molar-refractivity contribution in [3.05, 3.63) is 35.9 Å². The Kier molecular flexibility index (Phi) is 3.94. The van der Waals surface area contributed by atoms with Gasteiger partial charge in [0.2, 0.25) is 5.91 Å². The van der Waals surface area contributed by atoms with Crippen LogP contribution in [0.4, 0.5) is 0 Å².